The van der Waals surface area contributed by atoms with Gasteiger partial charge >= 0.3 is 11.9 Å². The van der Waals surface area contributed by atoms with Gasteiger partial charge in [0.15, 0.2) is 0 Å². The van der Waals surface area contributed by atoms with Crippen molar-refractivity contribution in [2.24, 2.45) is 5.92 Å². The number of esters is 2. The van der Waals surface area contributed by atoms with Crippen molar-refractivity contribution in [1.82, 2.24) is 16.0 Å². The van der Waals surface area contributed by atoms with Crippen LogP contribution in [0.4, 0.5) is 5.69 Å². The van der Waals surface area contributed by atoms with E-state index in [1.807, 2.05) is 42.5 Å². The number of allylic oxidation sites excluding steroid dienone is 3. The number of benzene rings is 3. The van der Waals surface area contributed by atoms with Crippen molar-refractivity contribution in [2.45, 2.75) is 45.3 Å². The van der Waals surface area contributed by atoms with Gasteiger partial charge in [-0.2, -0.15) is 10.5 Å². The lowest BCUT2D eigenvalue weighted by molar-refractivity contribution is -0.146. The Bertz CT molecular complexity index is 1930. The standard InChI is InChI=1S/C41H44N6O7/c1-26(2)37(41(52)54-6)46-36(48)25-47(4)33-19-17-30(18-20-33)34(32(23-42)24-43)21-14-28-12-15-31(16-13-28)39(50)44-27(3)38(49)45-35(40(51)53-5)22-29-10-8-7-9-11-29/h7-21,26-27,35,37H,22,25H2,1-6H3,(H,44,50)(H,45,49)(H,46,48)/b21-14+/t27-,35-,37-/m0/s1. The fourth-order valence-corrected chi connectivity index (χ4v) is 5.27. The maximum absolute atomic E-state index is 13.0. The van der Waals surface area contributed by atoms with Crippen LogP contribution in [0.3, 0.4) is 0 Å². The molecule has 0 bridgehead atoms. The molecule has 3 N–H and O–H groups in total. The average Bonchev–Trinajstić information content (AvgIpc) is 3.18. The zero-order valence-electron chi connectivity index (χ0n) is 31.1. The van der Waals surface area contributed by atoms with Crippen LogP contribution in [0.5, 0.6) is 0 Å². The number of hydrogen-bond acceptors (Lipinski definition) is 10. The maximum atomic E-state index is 13.0. The molecule has 3 atom stereocenters. The Hall–Kier alpha value is -6.73. The molecule has 0 aliphatic heterocycles. The van der Waals surface area contributed by atoms with Crippen LogP contribution >= 0.6 is 0 Å². The third-order valence-electron chi connectivity index (χ3n) is 8.37. The number of ether oxygens (including phenoxy) is 2. The molecule has 3 aromatic carbocycles. The van der Waals surface area contributed by atoms with Crippen molar-refractivity contribution in [1.29, 1.82) is 10.5 Å². The second kappa shape index (κ2) is 20.3. The van der Waals surface area contributed by atoms with Crippen LogP contribution in [-0.4, -0.2) is 75.6 Å². The number of amides is 3. The molecule has 0 aliphatic rings. The summed E-state index contributed by atoms with van der Waals surface area (Å²) in [6.45, 7) is 5.08. The SMILES string of the molecule is COC(=O)[C@H](Cc1ccccc1)NC(=O)[C@H](C)NC(=O)c1ccc(/C=C/C(=C(C#N)C#N)c2ccc(N(C)CC(=O)N[C@H](C(=O)OC)C(C)C)cc2)cc1. The monoisotopic (exact) mass is 732 g/mol. The number of methoxy groups -OCH3 is 2. The van der Waals surface area contributed by atoms with Crippen LogP contribution in [-0.2, 0) is 35.1 Å². The minimum atomic E-state index is -0.963. The van der Waals surface area contributed by atoms with Crippen molar-refractivity contribution in [3.05, 3.63) is 113 Å². The van der Waals surface area contributed by atoms with E-state index in [1.165, 1.54) is 21.1 Å². The number of carbonyl (C=O) groups excluding carboxylic acids is 5. The molecule has 0 heterocycles. The van der Waals surface area contributed by atoms with Crippen molar-refractivity contribution in [3.8, 4) is 12.1 Å². The summed E-state index contributed by atoms with van der Waals surface area (Å²) in [6.07, 6.45) is 3.54. The number of anilines is 1. The first kappa shape index (κ1) is 41.7. The molecule has 0 aromatic heterocycles. The van der Waals surface area contributed by atoms with Gasteiger partial charge in [0, 0.05) is 30.3 Å². The Morgan fingerprint density at radius 3 is 1.93 bits per heavy atom. The van der Waals surface area contributed by atoms with Gasteiger partial charge in [-0.25, -0.2) is 9.59 Å². The fourth-order valence-electron chi connectivity index (χ4n) is 5.27. The first-order valence-corrected chi connectivity index (χ1v) is 17.1. The van der Waals surface area contributed by atoms with E-state index in [2.05, 4.69) is 16.0 Å². The fraction of sp³-hybridized carbons (Fsp3) is 0.293. The summed E-state index contributed by atoms with van der Waals surface area (Å²) in [5, 5.41) is 27.4. The number of nitrogens with zero attached hydrogens (tertiary/aromatic N) is 3. The predicted molar refractivity (Wildman–Crippen MR) is 203 cm³/mol. The highest BCUT2D eigenvalue weighted by molar-refractivity contribution is 5.98. The summed E-state index contributed by atoms with van der Waals surface area (Å²) in [5.41, 5.74) is 3.29. The Kier molecular flexibility index (Phi) is 15.7. The van der Waals surface area contributed by atoms with E-state index in [0.717, 1.165) is 5.56 Å². The molecular weight excluding hydrogens is 688 g/mol. The topological polar surface area (TPSA) is 191 Å². The lowest BCUT2D eigenvalue weighted by Crippen LogP contribution is -2.51. The first-order valence-electron chi connectivity index (χ1n) is 17.1. The van der Waals surface area contributed by atoms with Gasteiger partial charge < -0.3 is 30.3 Å². The third-order valence-corrected chi connectivity index (χ3v) is 8.37. The van der Waals surface area contributed by atoms with E-state index in [4.69, 9.17) is 9.47 Å². The van der Waals surface area contributed by atoms with Crippen LogP contribution in [0.1, 0.15) is 47.8 Å². The quantitative estimate of drug-likeness (QED) is 0.110. The van der Waals surface area contributed by atoms with Gasteiger partial charge in [-0.05, 0) is 53.8 Å². The summed E-state index contributed by atoms with van der Waals surface area (Å²) in [7, 11) is 4.22. The number of rotatable bonds is 16. The molecule has 13 heteroatoms. The molecule has 13 nitrogen and oxygen atoms in total. The van der Waals surface area contributed by atoms with Gasteiger partial charge in [0.25, 0.3) is 5.91 Å². The van der Waals surface area contributed by atoms with E-state index in [-0.39, 0.29) is 35.9 Å². The molecule has 3 rings (SSSR count). The maximum Gasteiger partial charge on any atom is 0.328 e. The van der Waals surface area contributed by atoms with Crippen molar-refractivity contribution in [3.63, 3.8) is 0 Å². The predicted octanol–water partition coefficient (Wildman–Crippen LogP) is 3.97. The van der Waals surface area contributed by atoms with Crippen molar-refractivity contribution >= 4 is 47.0 Å². The lowest BCUT2D eigenvalue weighted by Gasteiger charge is -2.23. The van der Waals surface area contributed by atoms with Crippen molar-refractivity contribution in [2.75, 3.05) is 32.7 Å². The summed E-state index contributed by atoms with van der Waals surface area (Å²) in [5.74, 6) is -2.72. The molecule has 0 saturated carbocycles. The Balaban J connectivity index is 1.67. The Labute approximate surface area is 315 Å². The van der Waals surface area contributed by atoms with Crippen LogP contribution in [0.2, 0.25) is 0 Å². The second-order valence-electron chi connectivity index (χ2n) is 12.7. The lowest BCUT2D eigenvalue weighted by atomic mass is 9.99. The minimum Gasteiger partial charge on any atom is -0.467 e. The summed E-state index contributed by atoms with van der Waals surface area (Å²) in [6, 6.07) is 23.8. The van der Waals surface area contributed by atoms with Crippen molar-refractivity contribution < 1.29 is 33.4 Å². The molecule has 0 aliphatic carbocycles. The number of hydrogen-bond donors (Lipinski definition) is 3. The highest BCUT2D eigenvalue weighted by Crippen LogP contribution is 2.24. The number of likely N-dealkylation sites (N-methyl/N-ethyl adjacent to an activating group) is 1. The van der Waals surface area contributed by atoms with Gasteiger partial charge in [0.1, 0.15) is 35.8 Å². The molecule has 280 valence electrons. The van der Waals surface area contributed by atoms with E-state index < -0.39 is 41.9 Å². The van der Waals surface area contributed by atoms with Crippen LogP contribution in [0.25, 0.3) is 11.6 Å². The zero-order chi connectivity index (χ0) is 39.8. The highest BCUT2D eigenvalue weighted by atomic mass is 16.5. The number of nitrogens with one attached hydrogen (secondary N) is 3. The van der Waals surface area contributed by atoms with Crippen LogP contribution in [0.15, 0.2) is 90.5 Å². The van der Waals surface area contributed by atoms with E-state index in [0.29, 0.717) is 22.4 Å². The summed E-state index contributed by atoms with van der Waals surface area (Å²) >= 11 is 0. The van der Waals surface area contributed by atoms with Gasteiger partial charge in [0.2, 0.25) is 11.8 Å². The van der Waals surface area contributed by atoms with E-state index in [1.54, 1.807) is 86.5 Å². The Morgan fingerprint density at radius 1 is 0.778 bits per heavy atom. The van der Waals surface area contributed by atoms with Gasteiger partial charge in [0.05, 0.1) is 20.8 Å². The molecule has 0 spiro atoms. The molecule has 0 radical (unpaired) electrons. The molecule has 0 unspecified atom stereocenters. The zero-order valence-corrected chi connectivity index (χ0v) is 31.1. The Morgan fingerprint density at radius 2 is 1.37 bits per heavy atom. The van der Waals surface area contributed by atoms with E-state index >= 15 is 0 Å². The second-order valence-corrected chi connectivity index (χ2v) is 12.7. The van der Waals surface area contributed by atoms with Gasteiger partial charge in [-0.3, -0.25) is 14.4 Å². The summed E-state index contributed by atoms with van der Waals surface area (Å²) in [4.78, 5) is 64.6. The minimum absolute atomic E-state index is 0.0332. The van der Waals surface area contributed by atoms with Crippen LogP contribution < -0.4 is 20.9 Å². The normalized spacial score (nSPS) is 12.2. The average molecular weight is 733 g/mol. The molecule has 3 amide bonds. The third kappa shape index (κ3) is 11.9. The first-order chi connectivity index (χ1) is 25.8. The number of nitriles is 2. The molecule has 0 fully saturated rings. The van der Waals surface area contributed by atoms with Gasteiger partial charge in [-0.15, -0.1) is 0 Å². The largest absolute Gasteiger partial charge is 0.467 e. The smallest absolute Gasteiger partial charge is 0.328 e. The van der Waals surface area contributed by atoms with E-state index in [9.17, 15) is 34.5 Å². The molecule has 0 saturated heterocycles. The molecule has 54 heavy (non-hydrogen) atoms. The van der Waals surface area contributed by atoms with Gasteiger partial charge in [-0.1, -0.05) is 80.6 Å². The highest BCUT2D eigenvalue weighted by Gasteiger charge is 2.26. The van der Waals surface area contributed by atoms with Crippen LogP contribution in [0, 0.1) is 28.6 Å². The summed E-state index contributed by atoms with van der Waals surface area (Å²) < 4.78 is 9.64. The molecular formula is C41H44N6O7. The molecule has 3 aromatic rings. The number of carbonyl (C=O) groups is 5.